The summed E-state index contributed by atoms with van der Waals surface area (Å²) < 4.78 is 0. The second-order valence-corrected chi connectivity index (χ2v) is 18.4. The van der Waals surface area contributed by atoms with Crippen molar-refractivity contribution in [2.24, 2.45) is 0 Å². The molecule has 0 bridgehead atoms. The third kappa shape index (κ3) is 7.21. The molecule has 2 aromatic rings. The fraction of sp³-hybridized carbons (Fsp3) is 0.692. The predicted molar refractivity (Wildman–Crippen MR) is 177 cm³/mol. The van der Waals surface area contributed by atoms with Crippen LogP contribution < -0.4 is 0 Å². The molecule has 0 fully saturated rings. The summed E-state index contributed by atoms with van der Waals surface area (Å²) in [5, 5.41) is 0. The van der Waals surface area contributed by atoms with Gasteiger partial charge < -0.3 is 0 Å². The van der Waals surface area contributed by atoms with Crippen molar-refractivity contribution < 1.29 is 0 Å². The summed E-state index contributed by atoms with van der Waals surface area (Å²) in [6.07, 6.45) is 1.09. The average molecular weight is 533 g/mol. The first kappa shape index (κ1) is 33.6. The zero-order valence-electron chi connectivity index (χ0n) is 29.6. The molecule has 0 aliphatic heterocycles. The van der Waals surface area contributed by atoms with Crippen molar-refractivity contribution in [3.8, 4) is 0 Å². The van der Waals surface area contributed by atoms with Crippen LogP contribution in [0, 0.1) is 0 Å². The Morgan fingerprint density at radius 2 is 0.795 bits per heavy atom. The minimum Gasteiger partial charge on any atom is -0.0645 e. The van der Waals surface area contributed by atoms with Gasteiger partial charge in [-0.05, 0) is 83.4 Å². The summed E-state index contributed by atoms with van der Waals surface area (Å²) in [6, 6.07) is 10.2. The molecule has 0 aromatic heterocycles. The van der Waals surface area contributed by atoms with Crippen molar-refractivity contribution in [2.45, 2.75) is 176 Å². The highest BCUT2D eigenvalue weighted by Gasteiger charge is 2.37. The zero-order valence-corrected chi connectivity index (χ0v) is 29.6. The number of rotatable bonds is 3. The third-order valence-electron chi connectivity index (χ3n) is 8.32. The Labute approximate surface area is 244 Å². The quantitative estimate of drug-likeness (QED) is 0.369. The Morgan fingerprint density at radius 3 is 1.13 bits per heavy atom. The van der Waals surface area contributed by atoms with E-state index in [1.807, 2.05) is 0 Å². The van der Waals surface area contributed by atoms with Gasteiger partial charge in [-0.1, -0.05) is 156 Å². The lowest BCUT2D eigenvalue weighted by molar-refractivity contribution is 0.489. The maximum atomic E-state index is 2.62. The first-order chi connectivity index (χ1) is 17.1. The van der Waals surface area contributed by atoms with Crippen molar-refractivity contribution in [3.05, 3.63) is 68.8 Å². The molecule has 2 aromatic carbocycles. The minimum absolute atomic E-state index is 0.0345. The van der Waals surface area contributed by atoms with Crippen LogP contribution in [0.4, 0.5) is 0 Å². The Kier molecular flexibility index (Phi) is 8.94. The molecule has 0 heterocycles. The zero-order chi connectivity index (χ0) is 30.7. The first-order valence-electron chi connectivity index (χ1n) is 15.5. The summed E-state index contributed by atoms with van der Waals surface area (Å²) in [7, 11) is 0. The number of benzene rings is 2. The summed E-state index contributed by atoms with van der Waals surface area (Å²) in [6.45, 7) is 45.5. The lowest BCUT2D eigenvalue weighted by Crippen LogP contribution is -2.31. The fourth-order valence-electron chi connectivity index (χ4n) is 6.52. The Balaban J connectivity index is 3.20. The van der Waals surface area contributed by atoms with Crippen molar-refractivity contribution >= 4 is 0 Å². The highest BCUT2D eigenvalue weighted by Crippen LogP contribution is 2.48. The maximum absolute atomic E-state index is 2.62. The van der Waals surface area contributed by atoms with Crippen molar-refractivity contribution in [3.63, 3.8) is 0 Å². The average Bonchev–Trinajstić information content (AvgIpc) is 2.69. The standard InChI is InChI=1S/C39H64/c1-20-25(26-21-22-28(34(2,3)4)33(39(17,18)19)32(26)38(14,15)16)27-23-30(36(8,9)10)31(37(11,12)13)24-29(27)35(5,6)7/h21-25H,20H2,1-19H3. The maximum Gasteiger partial charge on any atom is 0.00928 e. The van der Waals surface area contributed by atoms with E-state index in [0.29, 0.717) is 5.92 Å². The van der Waals surface area contributed by atoms with Crippen LogP contribution in [0.3, 0.4) is 0 Å². The van der Waals surface area contributed by atoms with Gasteiger partial charge in [-0.15, -0.1) is 0 Å². The summed E-state index contributed by atoms with van der Waals surface area (Å²) >= 11 is 0. The highest BCUT2D eigenvalue weighted by molar-refractivity contribution is 5.57. The molecule has 0 heteroatoms. The monoisotopic (exact) mass is 533 g/mol. The molecule has 0 nitrogen and oxygen atoms in total. The van der Waals surface area contributed by atoms with Gasteiger partial charge in [-0.2, -0.15) is 0 Å². The second-order valence-electron chi connectivity index (χ2n) is 18.4. The van der Waals surface area contributed by atoms with E-state index in [4.69, 9.17) is 0 Å². The van der Waals surface area contributed by atoms with Gasteiger partial charge in [0.25, 0.3) is 0 Å². The molecule has 0 radical (unpaired) electrons. The summed E-state index contributed by atoms with van der Waals surface area (Å²) in [5.41, 5.74) is 12.6. The number of hydrogen-bond acceptors (Lipinski definition) is 0. The third-order valence-corrected chi connectivity index (χ3v) is 8.32. The normalized spacial score (nSPS) is 15.1. The van der Waals surface area contributed by atoms with Gasteiger partial charge in [0, 0.05) is 5.92 Å². The van der Waals surface area contributed by atoms with Gasteiger partial charge in [0.1, 0.15) is 0 Å². The second kappa shape index (κ2) is 10.4. The summed E-state index contributed by atoms with van der Waals surface area (Å²) in [4.78, 5) is 0. The lowest BCUT2D eigenvalue weighted by Gasteiger charge is -2.40. The molecule has 1 atom stereocenters. The van der Waals surface area contributed by atoms with Crippen LogP contribution in [-0.2, 0) is 32.5 Å². The SMILES string of the molecule is CCC(c1cc(C(C)(C)C)c(C(C)(C)C)cc1C(C)(C)C)c1ccc(C(C)(C)C)c(C(C)(C)C)c1C(C)(C)C. The van der Waals surface area contributed by atoms with Crippen LogP contribution in [0.25, 0.3) is 0 Å². The van der Waals surface area contributed by atoms with Crippen LogP contribution in [0.15, 0.2) is 24.3 Å². The molecule has 0 spiro atoms. The van der Waals surface area contributed by atoms with E-state index < -0.39 is 0 Å². The Morgan fingerprint density at radius 1 is 0.410 bits per heavy atom. The van der Waals surface area contributed by atoms with Gasteiger partial charge in [-0.3, -0.25) is 0 Å². The Hall–Kier alpha value is -1.56. The van der Waals surface area contributed by atoms with Crippen LogP contribution in [-0.4, -0.2) is 0 Å². The molecular weight excluding hydrogens is 468 g/mol. The van der Waals surface area contributed by atoms with E-state index in [1.54, 1.807) is 11.1 Å². The van der Waals surface area contributed by atoms with Crippen LogP contribution in [0.2, 0.25) is 0 Å². The molecule has 39 heavy (non-hydrogen) atoms. The topological polar surface area (TPSA) is 0 Å². The smallest absolute Gasteiger partial charge is 0.00928 e. The van der Waals surface area contributed by atoms with Crippen molar-refractivity contribution in [1.82, 2.24) is 0 Å². The van der Waals surface area contributed by atoms with Crippen LogP contribution >= 0.6 is 0 Å². The van der Waals surface area contributed by atoms with Crippen LogP contribution in [0.5, 0.6) is 0 Å². The lowest BCUT2D eigenvalue weighted by atomic mass is 9.64. The fourth-order valence-corrected chi connectivity index (χ4v) is 6.52. The van der Waals surface area contributed by atoms with E-state index >= 15 is 0 Å². The molecule has 0 amide bonds. The molecule has 0 saturated carbocycles. The molecule has 0 aliphatic rings. The largest absolute Gasteiger partial charge is 0.0645 e. The van der Waals surface area contributed by atoms with Gasteiger partial charge in [0.2, 0.25) is 0 Å². The van der Waals surface area contributed by atoms with E-state index in [-0.39, 0.29) is 32.5 Å². The van der Waals surface area contributed by atoms with Crippen molar-refractivity contribution in [2.75, 3.05) is 0 Å². The van der Waals surface area contributed by atoms with E-state index in [0.717, 1.165) is 6.42 Å². The van der Waals surface area contributed by atoms with E-state index in [9.17, 15) is 0 Å². The van der Waals surface area contributed by atoms with Crippen molar-refractivity contribution in [1.29, 1.82) is 0 Å². The minimum atomic E-state index is 0.0345. The van der Waals surface area contributed by atoms with Gasteiger partial charge in [0.15, 0.2) is 0 Å². The molecule has 1 unspecified atom stereocenters. The van der Waals surface area contributed by atoms with E-state index in [2.05, 4.69) is 156 Å². The Bertz CT molecular complexity index is 1150. The molecule has 220 valence electrons. The van der Waals surface area contributed by atoms with Gasteiger partial charge >= 0.3 is 0 Å². The summed E-state index contributed by atoms with van der Waals surface area (Å²) in [5.74, 6) is 0.346. The molecular formula is C39H64. The molecule has 0 N–H and O–H groups in total. The predicted octanol–water partition coefficient (Wildman–Crippen LogP) is 12.0. The first-order valence-corrected chi connectivity index (χ1v) is 15.5. The van der Waals surface area contributed by atoms with Crippen LogP contribution in [0.1, 0.15) is 188 Å². The highest BCUT2D eigenvalue weighted by atomic mass is 14.4. The van der Waals surface area contributed by atoms with Gasteiger partial charge in [0.05, 0.1) is 0 Å². The van der Waals surface area contributed by atoms with Gasteiger partial charge in [-0.25, -0.2) is 0 Å². The molecule has 2 rings (SSSR count). The number of hydrogen-bond donors (Lipinski definition) is 0. The molecule has 0 saturated heterocycles. The molecule has 0 aliphatic carbocycles. The van der Waals surface area contributed by atoms with E-state index in [1.165, 1.54) is 33.4 Å².